The number of aliphatic hydroxyl groups is 1. The normalized spacial score (nSPS) is 10.2. The van der Waals surface area contributed by atoms with Crippen LogP contribution in [-0.4, -0.2) is 24.6 Å². The summed E-state index contributed by atoms with van der Waals surface area (Å²) in [6.45, 7) is 4.38. The molecule has 0 atom stereocenters. The third kappa shape index (κ3) is 6.04. The molecule has 0 bridgehead atoms. The number of hydrogen-bond donors (Lipinski definition) is 1. The van der Waals surface area contributed by atoms with Crippen LogP contribution in [-0.2, 0) is 5.75 Å². The Labute approximate surface area is 120 Å². The first-order valence-electron chi connectivity index (χ1n) is 6.51. The third-order valence-corrected chi connectivity index (χ3v) is 3.73. The molecule has 1 N–H and O–H groups in total. The quantitative estimate of drug-likeness (QED) is 0.639. The zero-order valence-electron chi connectivity index (χ0n) is 11.9. The Morgan fingerprint density at radius 3 is 2.79 bits per heavy atom. The van der Waals surface area contributed by atoms with Crippen LogP contribution in [0, 0.1) is 17.8 Å². The van der Waals surface area contributed by atoms with E-state index in [0.29, 0.717) is 0 Å². The molecule has 0 heterocycles. The van der Waals surface area contributed by atoms with Gasteiger partial charge in [-0.2, -0.15) is 11.8 Å². The van der Waals surface area contributed by atoms with E-state index in [4.69, 9.17) is 9.84 Å². The fraction of sp³-hybridized carbons (Fsp3) is 0.500. The predicted molar refractivity (Wildman–Crippen MR) is 82.6 cm³/mol. The Balaban J connectivity index is 2.67. The van der Waals surface area contributed by atoms with Gasteiger partial charge in [-0.1, -0.05) is 25.7 Å². The first-order valence-corrected chi connectivity index (χ1v) is 7.67. The van der Waals surface area contributed by atoms with Crippen molar-refractivity contribution in [3.8, 4) is 17.6 Å². The van der Waals surface area contributed by atoms with Gasteiger partial charge in [0.2, 0.25) is 0 Å². The molecule has 0 unspecified atom stereocenters. The molecule has 0 aliphatic heterocycles. The maximum Gasteiger partial charge on any atom is 0.122 e. The van der Waals surface area contributed by atoms with Gasteiger partial charge in [-0.15, -0.1) is 0 Å². The highest BCUT2D eigenvalue weighted by Gasteiger charge is 2.04. The van der Waals surface area contributed by atoms with E-state index in [-0.39, 0.29) is 6.61 Å². The van der Waals surface area contributed by atoms with Crippen LogP contribution in [0.3, 0.4) is 0 Å². The standard InChI is InChI=1S/C16H22O2S/c1-13(2)8-10-19-12-15-11-14(5-4-9-17)6-7-16(15)18-3/h6-7,11,13,17H,8-10,12H2,1-3H3. The summed E-state index contributed by atoms with van der Waals surface area (Å²) in [5, 5.41) is 8.72. The molecule has 3 heteroatoms. The second-order valence-corrected chi connectivity index (χ2v) is 5.83. The topological polar surface area (TPSA) is 29.5 Å². The smallest absolute Gasteiger partial charge is 0.122 e. The molecule has 0 amide bonds. The molecular formula is C16H22O2S. The van der Waals surface area contributed by atoms with E-state index in [0.717, 1.165) is 28.7 Å². The van der Waals surface area contributed by atoms with Crippen LogP contribution in [0.4, 0.5) is 0 Å². The lowest BCUT2D eigenvalue weighted by Gasteiger charge is -2.09. The van der Waals surface area contributed by atoms with E-state index in [9.17, 15) is 0 Å². The van der Waals surface area contributed by atoms with Gasteiger partial charge in [-0.05, 0) is 36.3 Å². The molecular weight excluding hydrogens is 256 g/mol. The van der Waals surface area contributed by atoms with Crippen LogP contribution in [0.25, 0.3) is 0 Å². The Kier molecular flexibility index (Phi) is 7.47. The lowest BCUT2D eigenvalue weighted by molar-refractivity contribution is 0.350. The minimum absolute atomic E-state index is 0.107. The maximum absolute atomic E-state index is 8.72. The van der Waals surface area contributed by atoms with Crippen LogP contribution in [0.1, 0.15) is 31.4 Å². The SMILES string of the molecule is COc1ccc(C#CCO)cc1CSCCC(C)C. The van der Waals surface area contributed by atoms with Crippen molar-refractivity contribution in [1.29, 1.82) is 0 Å². The molecule has 0 aromatic heterocycles. The predicted octanol–water partition coefficient (Wildman–Crippen LogP) is 3.32. The minimum Gasteiger partial charge on any atom is -0.496 e. The molecule has 1 rings (SSSR count). The first kappa shape index (κ1) is 15.9. The summed E-state index contributed by atoms with van der Waals surface area (Å²) in [7, 11) is 1.69. The van der Waals surface area contributed by atoms with Crippen molar-refractivity contribution >= 4 is 11.8 Å². The number of benzene rings is 1. The molecule has 0 radical (unpaired) electrons. The zero-order valence-corrected chi connectivity index (χ0v) is 12.7. The van der Waals surface area contributed by atoms with Crippen LogP contribution in [0.15, 0.2) is 18.2 Å². The number of methoxy groups -OCH3 is 1. The van der Waals surface area contributed by atoms with E-state index in [1.165, 1.54) is 12.0 Å². The Morgan fingerprint density at radius 2 is 2.16 bits per heavy atom. The second kappa shape index (κ2) is 8.90. The molecule has 0 saturated carbocycles. The number of ether oxygens (including phenoxy) is 1. The number of thioether (sulfide) groups is 1. The maximum atomic E-state index is 8.72. The minimum atomic E-state index is -0.107. The molecule has 2 nitrogen and oxygen atoms in total. The van der Waals surface area contributed by atoms with Crippen LogP contribution in [0.5, 0.6) is 5.75 Å². The number of rotatable bonds is 6. The average molecular weight is 278 g/mol. The highest BCUT2D eigenvalue weighted by Crippen LogP contribution is 2.25. The van der Waals surface area contributed by atoms with Gasteiger partial charge >= 0.3 is 0 Å². The summed E-state index contributed by atoms with van der Waals surface area (Å²) in [6.07, 6.45) is 1.23. The van der Waals surface area contributed by atoms with Gasteiger partial charge in [0, 0.05) is 16.9 Å². The van der Waals surface area contributed by atoms with Crippen molar-refractivity contribution in [2.24, 2.45) is 5.92 Å². The average Bonchev–Trinajstić information content (AvgIpc) is 2.41. The van der Waals surface area contributed by atoms with Crippen molar-refractivity contribution in [2.45, 2.75) is 26.0 Å². The Morgan fingerprint density at radius 1 is 1.37 bits per heavy atom. The number of aliphatic hydroxyl groups excluding tert-OH is 1. The van der Waals surface area contributed by atoms with Gasteiger partial charge < -0.3 is 9.84 Å². The van der Waals surface area contributed by atoms with Gasteiger partial charge in [0.25, 0.3) is 0 Å². The fourth-order valence-electron chi connectivity index (χ4n) is 1.61. The molecule has 104 valence electrons. The molecule has 1 aromatic rings. The largest absolute Gasteiger partial charge is 0.496 e. The Hall–Kier alpha value is -1.11. The first-order chi connectivity index (χ1) is 9.17. The van der Waals surface area contributed by atoms with Crippen molar-refractivity contribution in [1.82, 2.24) is 0 Å². The van der Waals surface area contributed by atoms with Crippen molar-refractivity contribution in [2.75, 3.05) is 19.5 Å². The second-order valence-electron chi connectivity index (χ2n) is 4.72. The molecule has 0 aliphatic rings. The van der Waals surface area contributed by atoms with E-state index in [2.05, 4.69) is 25.7 Å². The van der Waals surface area contributed by atoms with E-state index in [1.807, 2.05) is 30.0 Å². The molecule has 1 aromatic carbocycles. The summed E-state index contributed by atoms with van der Waals surface area (Å²) >= 11 is 1.92. The highest BCUT2D eigenvalue weighted by atomic mass is 32.2. The van der Waals surface area contributed by atoms with Crippen molar-refractivity contribution in [3.63, 3.8) is 0 Å². The van der Waals surface area contributed by atoms with Crippen LogP contribution < -0.4 is 4.74 Å². The van der Waals surface area contributed by atoms with Crippen molar-refractivity contribution < 1.29 is 9.84 Å². The molecule has 0 saturated heterocycles. The molecule has 0 aliphatic carbocycles. The lowest BCUT2D eigenvalue weighted by Crippen LogP contribution is -1.94. The van der Waals surface area contributed by atoms with E-state index >= 15 is 0 Å². The van der Waals surface area contributed by atoms with Crippen LogP contribution in [0.2, 0.25) is 0 Å². The summed E-state index contributed by atoms with van der Waals surface area (Å²) in [5.74, 6) is 9.35. The van der Waals surface area contributed by atoms with Gasteiger partial charge in [0.05, 0.1) is 7.11 Å². The lowest BCUT2D eigenvalue weighted by atomic mass is 10.1. The van der Waals surface area contributed by atoms with Gasteiger partial charge in [0.15, 0.2) is 0 Å². The van der Waals surface area contributed by atoms with Crippen LogP contribution >= 0.6 is 11.8 Å². The van der Waals surface area contributed by atoms with Crippen molar-refractivity contribution in [3.05, 3.63) is 29.3 Å². The summed E-state index contributed by atoms with van der Waals surface area (Å²) in [5.41, 5.74) is 2.09. The van der Waals surface area contributed by atoms with Gasteiger partial charge in [0.1, 0.15) is 12.4 Å². The van der Waals surface area contributed by atoms with Gasteiger partial charge in [-0.3, -0.25) is 0 Å². The summed E-state index contributed by atoms with van der Waals surface area (Å²) in [6, 6.07) is 5.91. The van der Waals surface area contributed by atoms with E-state index < -0.39 is 0 Å². The van der Waals surface area contributed by atoms with Gasteiger partial charge in [-0.25, -0.2) is 0 Å². The monoisotopic (exact) mass is 278 g/mol. The molecule has 19 heavy (non-hydrogen) atoms. The zero-order chi connectivity index (χ0) is 14.1. The molecule has 0 spiro atoms. The summed E-state index contributed by atoms with van der Waals surface area (Å²) < 4.78 is 5.37. The fourth-order valence-corrected chi connectivity index (χ4v) is 2.84. The third-order valence-electron chi connectivity index (χ3n) is 2.69. The summed E-state index contributed by atoms with van der Waals surface area (Å²) in [4.78, 5) is 0. The Bertz CT molecular complexity index is 444. The number of hydrogen-bond acceptors (Lipinski definition) is 3. The highest BCUT2D eigenvalue weighted by molar-refractivity contribution is 7.98. The van der Waals surface area contributed by atoms with E-state index in [1.54, 1.807) is 7.11 Å². The molecule has 0 fully saturated rings.